The summed E-state index contributed by atoms with van der Waals surface area (Å²) in [6.07, 6.45) is 4.93. The third-order valence-electron chi connectivity index (χ3n) is 3.55. The van der Waals surface area contributed by atoms with Crippen LogP contribution in [-0.2, 0) is 6.54 Å². The van der Waals surface area contributed by atoms with Gasteiger partial charge in [-0.25, -0.2) is 4.39 Å². The predicted octanol–water partition coefficient (Wildman–Crippen LogP) is 3.20. The van der Waals surface area contributed by atoms with Crippen molar-refractivity contribution in [3.8, 4) is 5.75 Å². The van der Waals surface area contributed by atoms with Gasteiger partial charge in [-0.15, -0.1) is 0 Å². The normalized spacial score (nSPS) is 24.8. The minimum Gasteiger partial charge on any atom is -0.508 e. The zero-order valence-corrected chi connectivity index (χ0v) is 10.2. The molecule has 2 nitrogen and oxygen atoms in total. The van der Waals surface area contributed by atoms with Gasteiger partial charge in [-0.2, -0.15) is 0 Å². The van der Waals surface area contributed by atoms with Crippen LogP contribution in [0.5, 0.6) is 5.75 Å². The Morgan fingerprint density at radius 2 is 1.94 bits per heavy atom. The van der Waals surface area contributed by atoms with Crippen molar-refractivity contribution in [1.29, 1.82) is 0 Å². The Morgan fingerprint density at radius 1 is 1.24 bits per heavy atom. The third kappa shape index (κ3) is 3.70. The van der Waals surface area contributed by atoms with E-state index in [1.54, 1.807) is 6.07 Å². The molecule has 2 N–H and O–H groups in total. The summed E-state index contributed by atoms with van der Waals surface area (Å²) in [7, 11) is 0. The molecule has 0 spiro atoms. The summed E-state index contributed by atoms with van der Waals surface area (Å²) in [5.41, 5.74) is 0.807. The fraction of sp³-hybridized carbons (Fsp3) is 0.571. The first-order valence-electron chi connectivity index (χ1n) is 6.35. The monoisotopic (exact) mass is 237 g/mol. The minimum atomic E-state index is -0.376. The number of hydrogen-bond donors (Lipinski definition) is 2. The van der Waals surface area contributed by atoms with Gasteiger partial charge in [0.25, 0.3) is 0 Å². The quantitative estimate of drug-likeness (QED) is 0.846. The molecule has 0 atom stereocenters. The first-order valence-corrected chi connectivity index (χ1v) is 6.35. The number of rotatable bonds is 3. The van der Waals surface area contributed by atoms with Crippen molar-refractivity contribution in [3.05, 3.63) is 29.6 Å². The second-order valence-corrected chi connectivity index (χ2v) is 5.16. The Kier molecular flexibility index (Phi) is 4.00. The molecule has 0 unspecified atom stereocenters. The molecular weight excluding hydrogens is 217 g/mol. The first-order chi connectivity index (χ1) is 8.13. The molecule has 0 aliphatic heterocycles. The van der Waals surface area contributed by atoms with Gasteiger partial charge in [0, 0.05) is 18.7 Å². The number of aromatic hydroxyl groups is 1. The van der Waals surface area contributed by atoms with Crippen LogP contribution in [0.2, 0.25) is 0 Å². The van der Waals surface area contributed by atoms with E-state index >= 15 is 0 Å². The van der Waals surface area contributed by atoms with Crippen LogP contribution in [0.4, 0.5) is 4.39 Å². The van der Waals surface area contributed by atoms with Crippen LogP contribution in [-0.4, -0.2) is 11.1 Å². The number of benzene rings is 1. The van der Waals surface area contributed by atoms with Crippen molar-refractivity contribution in [2.24, 2.45) is 5.92 Å². The molecule has 2 rings (SSSR count). The molecule has 1 aliphatic rings. The van der Waals surface area contributed by atoms with Crippen LogP contribution < -0.4 is 5.32 Å². The Morgan fingerprint density at radius 3 is 2.59 bits per heavy atom. The lowest BCUT2D eigenvalue weighted by Crippen LogP contribution is -2.32. The molecule has 0 saturated heterocycles. The van der Waals surface area contributed by atoms with E-state index < -0.39 is 0 Å². The van der Waals surface area contributed by atoms with Crippen LogP contribution in [0, 0.1) is 11.7 Å². The van der Waals surface area contributed by atoms with E-state index in [4.69, 9.17) is 0 Å². The van der Waals surface area contributed by atoms with Crippen molar-refractivity contribution in [3.63, 3.8) is 0 Å². The lowest BCUT2D eigenvalue weighted by molar-refractivity contribution is 0.306. The van der Waals surface area contributed by atoms with E-state index in [1.165, 1.54) is 31.7 Å². The highest BCUT2D eigenvalue weighted by molar-refractivity contribution is 5.28. The van der Waals surface area contributed by atoms with Crippen LogP contribution in [0.3, 0.4) is 0 Å². The Bertz CT molecular complexity index is 352. The lowest BCUT2D eigenvalue weighted by atomic mass is 9.87. The molecule has 1 aromatic rings. The molecule has 0 aromatic heterocycles. The van der Waals surface area contributed by atoms with Gasteiger partial charge in [0.15, 0.2) is 0 Å². The highest BCUT2D eigenvalue weighted by Crippen LogP contribution is 2.24. The topological polar surface area (TPSA) is 32.3 Å². The Hall–Kier alpha value is -1.09. The van der Waals surface area contributed by atoms with Gasteiger partial charge >= 0.3 is 0 Å². The molecule has 17 heavy (non-hydrogen) atoms. The van der Waals surface area contributed by atoms with Gasteiger partial charge in [-0.05, 0) is 49.3 Å². The third-order valence-corrected chi connectivity index (χ3v) is 3.55. The molecule has 94 valence electrons. The fourth-order valence-electron chi connectivity index (χ4n) is 2.46. The predicted molar refractivity (Wildman–Crippen MR) is 66.3 cm³/mol. The van der Waals surface area contributed by atoms with Crippen LogP contribution in [0.15, 0.2) is 18.2 Å². The standard InChI is InChI=1S/C14H20FNO/c1-10-2-4-13(5-3-10)16-9-11-6-12(15)8-14(17)7-11/h6-8,10,13,16-17H,2-5,9H2,1H3. The maximum atomic E-state index is 13.1. The summed E-state index contributed by atoms with van der Waals surface area (Å²) >= 11 is 0. The summed E-state index contributed by atoms with van der Waals surface area (Å²) in [6.45, 7) is 2.92. The van der Waals surface area contributed by atoms with Gasteiger partial charge in [0.1, 0.15) is 11.6 Å². The smallest absolute Gasteiger partial charge is 0.127 e. The maximum Gasteiger partial charge on any atom is 0.127 e. The average molecular weight is 237 g/mol. The molecule has 0 bridgehead atoms. The van der Waals surface area contributed by atoms with Crippen LogP contribution in [0.1, 0.15) is 38.2 Å². The van der Waals surface area contributed by atoms with Gasteiger partial charge in [0.2, 0.25) is 0 Å². The SMILES string of the molecule is CC1CCC(NCc2cc(O)cc(F)c2)CC1. The van der Waals surface area contributed by atoms with E-state index in [0.717, 1.165) is 17.5 Å². The average Bonchev–Trinajstić information content (AvgIpc) is 2.27. The molecular formula is C14H20FNO. The van der Waals surface area contributed by atoms with Crippen LogP contribution >= 0.6 is 0 Å². The number of nitrogens with one attached hydrogen (secondary N) is 1. The first kappa shape index (κ1) is 12.4. The van der Waals surface area contributed by atoms with Gasteiger partial charge in [-0.3, -0.25) is 0 Å². The summed E-state index contributed by atoms with van der Waals surface area (Å²) in [4.78, 5) is 0. The summed E-state index contributed by atoms with van der Waals surface area (Å²) < 4.78 is 13.1. The van der Waals surface area contributed by atoms with E-state index in [-0.39, 0.29) is 11.6 Å². The summed E-state index contributed by atoms with van der Waals surface area (Å²) in [5, 5.41) is 12.7. The zero-order chi connectivity index (χ0) is 12.3. The largest absolute Gasteiger partial charge is 0.508 e. The highest BCUT2D eigenvalue weighted by Gasteiger charge is 2.17. The summed E-state index contributed by atoms with van der Waals surface area (Å²) in [5.74, 6) is 0.462. The lowest BCUT2D eigenvalue weighted by Gasteiger charge is -2.27. The second-order valence-electron chi connectivity index (χ2n) is 5.16. The number of phenols is 1. The van der Waals surface area contributed by atoms with Gasteiger partial charge in [0.05, 0.1) is 0 Å². The molecule has 0 amide bonds. The molecule has 1 saturated carbocycles. The molecule has 0 radical (unpaired) electrons. The zero-order valence-electron chi connectivity index (χ0n) is 10.2. The number of phenolic OH excluding ortho intramolecular Hbond substituents is 1. The molecule has 1 fully saturated rings. The van der Waals surface area contributed by atoms with E-state index in [1.807, 2.05) is 0 Å². The number of hydrogen-bond acceptors (Lipinski definition) is 2. The maximum absolute atomic E-state index is 13.1. The van der Waals surface area contributed by atoms with Crippen molar-refractivity contribution in [1.82, 2.24) is 5.32 Å². The van der Waals surface area contributed by atoms with Crippen molar-refractivity contribution in [2.75, 3.05) is 0 Å². The minimum absolute atomic E-state index is 0.000864. The van der Waals surface area contributed by atoms with E-state index in [9.17, 15) is 9.50 Å². The fourth-order valence-corrected chi connectivity index (χ4v) is 2.46. The number of halogens is 1. The summed E-state index contributed by atoms with van der Waals surface area (Å²) in [6, 6.07) is 4.75. The molecule has 0 heterocycles. The Labute approximate surface area is 102 Å². The van der Waals surface area contributed by atoms with Crippen molar-refractivity contribution < 1.29 is 9.50 Å². The second kappa shape index (κ2) is 5.50. The van der Waals surface area contributed by atoms with Crippen molar-refractivity contribution >= 4 is 0 Å². The van der Waals surface area contributed by atoms with Gasteiger partial charge < -0.3 is 10.4 Å². The van der Waals surface area contributed by atoms with E-state index in [2.05, 4.69) is 12.2 Å². The van der Waals surface area contributed by atoms with Crippen LogP contribution in [0.25, 0.3) is 0 Å². The highest BCUT2D eigenvalue weighted by atomic mass is 19.1. The Balaban J connectivity index is 1.85. The molecule has 1 aliphatic carbocycles. The van der Waals surface area contributed by atoms with E-state index in [0.29, 0.717) is 12.6 Å². The molecule has 1 aromatic carbocycles. The molecule has 3 heteroatoms. The van der Waals surface area contributed by atoms with Crippen molar-refractivity contribution in [2.45, 2.75) is 45.2 Å². The van der Waals surface area contributed by atoms with Gasteiger partial charge in [-0.1, -0.05) is 6.92 Å².